The highest BCUT2D eigenvalue weighted by Crippen LogP contribution is 2.15. The standard InChI is InChI=1S/C17H12N4O2/c18-11-13-8-4-5-9-14(13)19-16(22)17-21-20-15(23-17)10-12-6-2-1-3-7-12/h1-9H,10H2,(H,19,22). The maximum atomic E-state index is 12.1. The SMILES string of the molecule is N#Cc1ccccc1NC(=O)c1nnc(Cc2ccccc2)o1. The van der Waals surface area contributed by atoms with Crippen LogP contribution in [-0.2, 0) is 6.42 Å². The van der Waals surface area contributed by atoms with Crippen molar-refractivity contribution in [3.8, 4) is 6.07 Å². The molecule has 112 valence electrons. The summed E-state index contributed by atoms with van der Waals surface area (Å²) in [5.41, 5.74) is 1.78. The molecule has 0 radical (unpaired) electrons. The maximum Gasteiger partial charge on any atom is 0.313 e. The van der Waals surface area contributed by atoms with Crippen LogP contribution in [0.5, 0.6) is 0 Å². The van der Waals surface area contributed by atoms with Crippen molar-refractivity contribution in [2.75, 3.05) is 5.32 Å². The van der Waals surface area contributed by atoms with Crippen molar-refractivity contribution in [1.82, 2.24) is 10.2 Å². The van der Waals surface area contributed by atoms with Crippen LogP contribution in [0.1, 0.15) is 27.7 Å². The van der Waals surface area contributed by atoms with Gasteiger partial charge in [0.1, 0.15) is 6.07 Å². The van der Waals surface area contributed by atoms with Crippen molar-refractivity contribution in [3.05, 3.63) is 77.5 Å². The van der Waals surface area contributed by atoms with Gasteiger partial charge in [0.2, 0.25) is 5.89 Å². The Kier molecular flexibility index (Phi) is 4.11. The Hall–Kier alpha value is -3.46. The molecule has 6 heteroatoms. The summed E-state index contributed by atoms with van der Waals surface area (Å²) in [6, 6.07) is 18.3. The van der Waals surface area contributed by atoms with Gasteiger partial charge >= 0.3 is 11.8 Å². The van der Waals surface area contributed by atoms with Crippen LogP contribution < -0.4 is 5.32 Å². The van der Waals surface area contributed by atoms with Crippen LogP contribution in [-0.4, -0.2) is 16.1 Å². The lowest BCUT2D eigenvalue weighted by atomic mass is 10.2. The summed E-state index contributed by atoms with van der Waals surface area (Å²) < 4.78 is 5.38. The number of hydrogen-bond acceptors (Lipinski definition) is 5. The minimum Gasteiger partial charge on any atom is -0.417 e. The molecule has 0 bridgehead atoms. The molecule has 0 fully saturated rings. The molecule has 0 saturated heterocycles. The zero-order chi connectivity index (χ0) is 16.1. The van der Waals surface area contributed by atoms with Crippen LogP contribution >= 0.6 is 0 Å². The molecule has 1 aromatic heterocycles. The van der Waals surface area contributed by atoms with Gasteiger partial charge in [-0.2, -0.15) is 5.26 Å². The van der Waals surface area contributed by atoms with Crippen molar-refractivity contribution < 1.29 is 9.21 Å². The van der Waals surface area contributed by atoms with E-state index in [1.54, 1.807) is 24.3 Å². The van der Waals surface area contributed by atoms with Crippen molar-refractivity contribution in [2.45, 2.75) is 6.42 Å². The molecule has 1 heterocycles. The zero-order valence-corrected chi connectivity index (χ0v) is 12.1. The smallest absolute Gasteiger partial charge is 0.313 e. The number of nitrogens with zero attached hydrogens (tertiary/aromatic N) is 3. The highest BCUT2D eigenvalue weighted by Gasteiger charge is 2.16. The monoisotopic (exact) mass is 304 g/mol. The maximum absolute atomic E-state index is 12.1. The molecule has 23 heavy (non-hydrogen) atoms. The molecule has 0 aliphatic carbocycles. The Balaban J connectivity index is 1.73. The Morgan fingerprint density at radius 3 is 2.61 bits per heavy atom. The van der Waals surface area contributed by atoms with Crippen molar-refractivity contribution in [1.29, 1.82) is 5.26 Å². The van der Waals surface area contributed by atoms with E-state index in [4.69, 9.17) is 9.68 Å². The Bertz CT molecular complexity index is 866. The lowest BCUT2D eigenvalue weighted by Gasteiger charge is -2.03. The largest absolute Gasteiger partial charge is 0.417 e. The van der Waals surface area contributed by atoms with Crippen LogP contribution in [0.15, 0.2) is 59.0 Å². The highest BCUT2D eigenvalue weighted by molar-refractivity contribution is 6.01. The summed E-state index contributed by atoms with van der Waals surface area (Å²) in [5, 5.41) is 19.2. The number of nitrogens with one attached hydrogen (secondary N) is 1. The number of hydrogen-bond donors (Lipinski definition) is 1. The van der Waals surface area contributed by atoms with E-state index < -0.39 is 5.91 Å². The van der Waals surface area contributed by atoms with Gasteiger partial charge in [-0.3, -0.25) is 4.79 Å². The molecule has 6 nitrogen and oxygen atoms in total. The molecule has 3 rings (SSSR count). The second kappa shape index (κ2) is 6.54. The van der Waals surface area contributed by atoms with Crippen molar-refractivity contribution >= 4 is 11.6 Å². The van der Waals surface area contributed by atoms with E-state index in [1.807, 2.05) is 36.4 Å². The zero-order valence-electron chi connectivity index (χ0n) is 12.1. The van der Waals surface area contributed by atoms with E-state index in [1.165, 1.54) is 0 Å². The Morgan fingerprint density at radius 2 is 1.83 bits per heavy atom. The van der Waals surface area contributed by atoms with Gasteiger partial charge < -0.3 is 9.73 Å². The van der Waals surface area contributed by atoms with Gasteiger partial charge in [0, 0.05) is 0 Å². The van der Waals surface area contributed by atoms with Crippen LogP contribution in [0.3, 0.4) is 0 Å². The topological polar surface area (TPSA) is 91.8 Å². The summed E-state index contributed by atoms with van der Waals surface area (Å²) in [6.07, 6.45) is 0.454. The van der Waals surface area contributed by atoms with Gasteiger partial charge in [0.15, 0.2) is 0 Å². The van der Waals surface area contributed by atoms with Gasteiger partial charge in [0.25, 0.3) is 0 Å². The van der Waals surface area contributed by atoms with Crippen LogP contribution in [0.25, 0.3) is 0 Å². The molecule has 0 saturated carbocycles. The molecule has 1 amide bonds. The second-order valence-electron chi connectivity index (χ2n) is 4.77. The third-order valence-corrected chi connectivity index (χ3v) is 3.15. The van der Waals surface area contributed by atoms with E-state index in [0.29, 0.717) is 23.6 Å². The van der Waals surface area contributed by atoms with E-state index in [9.17, 15) is 4.79 Å². The number of carbonyl (C=O) groups excluding carboxylic acids is 1. The van der Waals surface area contributed by atoms with Gasteiger partial charge in [-0.1, -0.05) is 42.5 Å². The number of carbonyl (C=O) groups is 1. The molecular formula is C17H12N4O2. The Morgan fingerprint density at radius 1 is 1.09 bits per heavy atom. The third kappa shape index (κ3) is 3.41. The molecule has 0 atom stereocenters. The quantitative estimate of drug-likeness (QED) is 0.800. The third-order valence-electron chi connectivity index (χ3n) is 3.15. The van der Waals surface area contributed by atoms with Crippen molar-refractivity contribution in [3.63, 3.8) is 0 Å². The van der Waals surface area contributed by atoms with Crippen LogP contribution in [0.2, 0.25) is 0 Å². The molecule has 2 aromatic carbocycles. The lowest BCUT2D eigenvalue weighted by Crippen LogP contribution is -2.13. The van der Waals surface area contributed by atoms with Crippen LogP contribution in [0.4, 0.5) is 5.69 Å². The number of amides is 1. The fourth-order valence-corrected chi connectivity index (χ4v) is 2.05. The Labute approximate surface area is 132 Å². The second-order valence-corrected chi connectivity index (χ2v) is 4.77. The first-order valence-electron chi connectivity index (χ1n) is 6.93. The van der Waals surface area contributed by atoms with E-state index in [-0.39, 0.29) is 5.89 Å². The van der Waals surface area contributed by atoms with E-state index >= 15 is 0 Å². The first-order chi connectivity index (χ1) is 11.3. The summed E-state index contributed by atoms with van der Waals surface area (Å²) in [4.78, 5) is 12.1. The number of benzene rings is 2. The molecule has 0 aliphatic rings. The molecular weight excluding hydrogens is 292 g/mol. The summed E-state index contributed by atoms with van der Waals surface area (Å²) in [7, 11) is 0. The molecule has 0 aliphatic heterocycles. The van der Waals surface area contributed by atoms with E-state index in [0.717, 1.165) is 5.56 Å². The van der Waals surface area contributed by atoms with Gasteiger partial charge in [-0.05, 0) is 17.7 Å². The van der Waals surface area contributed by atoms with Crippen LogP contribution in [0, 0.1) is 11.3 Å². The summed E-state index contributed by atoms with van der Waals surface area (Å²) in [6.45, 7) is 0. The molecule has 3 aromatic rings. The van der Waals surface area contributed by atoms with Gasteiger partial charge in [-0.15, -0.1) is 10.2 Å². The summed E-state index contributed by atoms with van der Waals surface area (Å²) in [5.74, 6) is -0.321. The number of rotatable bonds is 4. The predicted octanol–water partition coefficient (Wildman–Crippen LogP) is 2.78. The fraction of sp³-hybridized carbons (Fsp3) is 0.0588. The molecule has 0 unspecified atom stereocenters. The first-order valence-corrected chi connectivity index (χ1v) is 6.93. The number of anilines is 1. The minimum absolute atomic E-state index is 0.135. The minimum atomic E-state index is -0.542. The highest BCUT2D eigenvalue weighted by atomic mass is 16.4. The average Bonchev–Trinajstić information content (AvgIpc) is 3.05. The normalized spacial score (nSPS) is 10.0. The number of aromatic nitrogens is 2. The van der Waals surface area contributed by atoms with Crippen molar-refractivity contribution in [2.24, 2.45) is 0 Å². The summed E-state index contributed by atoms with van der Waals surface area (Å²) >= 11 is 0. The molecule has 1 N–H and O–H groups in total. The van der Waals surface area contributed by atoms with Gasteiger partial charge in [0.05, 0.1) is 17.7 Å². The van der Waals surface area contributed by atoms with E-state index in [2.05, 4.69) is 15.5 Å². The lowest BCUT2D eigenvalue weighted by molar-refractivity contribution is 0.0988. The molecule has 0 spiro atoms. The number of nitriles is 1. The first kappa shape index (κ1) is 14.5. The van der Waals surface area contributed by atoms with Gasteiger partial charge in [-0.25, -0.2) is 0 Å². The fourth-order valence-electron chi connectivity index (χ4n) is 2.05. The predicted molar refractivity (Wildman–Crippen MR) is 82.7 cm³/mol. The number of para-hydroxylation sites is 1. The average molecular weight is 304 g/mol.